The van der Waals surface area contributed by atoms with Crippen LogP contribution in [0, 0.1) is 6.92 Å². The number of fused-ring (bicyclic) bond motifs is 2. The largest absolute Gasteiger partial charge is 0.382 e. The predicted molar refractivity (Wildman–Crippen MR) is 118 cm³/mol. The highest BCUT2D eigenvalue weighted by Crippen LogP contribution is 2.33. The highest BCUT2D eigenvalue weighted by Gasteiger charge is 2.19. The molecule has 2 N–H and O–H groups in total. The molecule has 0 aliphatic heterocycles. The Hall–Kier alpha value is -2.92. The number of aromatic nitrogens is 4. The number of anilines is 1. The molecule has 1 aliphatic rings. The van der Waals surface area contributed by atoms with Crippen molar-refractivity contribution in [1.82, 2.24) is 19.5 Å². The summed E-state index contributed by atoms with van der Waals surface area (Å²) in [6, 6.07) is 10.7. The van der Waals surface area contributed by atoms with E-state index in [0.29, 0.717) is 16.9 Å². The van der Waals surface area contributed by atoms with Crippen molar-refractivity contribution in [2.45, 2.75) is 38.6 Å². The van der Waals surface area contributed by atoms with Gasteiger partial charge in [-0.3, -0.25) is 0 Å². The lowest BCUT2D eigenvalue weighted by Crippen LogP contribution is -2.03. The van der Waals surface area contributed by atoms with E-state index in [2.05, 4.69) is 56.1 Å². The first kappa shape index (κ1) is 18.1. The molecule has 146 valence electrons. The maximum Gasteiger partial charge on any atom is 0.144 e. The molecule has 0 spiro atoms. The Balaban J connectivity index is 1.33. The summed E-state index contributed by atoms with van der Waals surface area (Å²) in [7, 11) is 0. The molecule has 3 aromatic heterocycles. The summed E-state index contributed by atoms with van der Waals surface area (Å²) in [5, 5.41) is 2.66. The SMILES string of the molecule is Cc1ncnc2c1ccn2C1C=C(CCc2ccc3cc(Cl)c(N)nc3c2)CC1. The fourth-order valence-corrected chi connectivity index (χ4v) is 4.39. The standard InChI is InChI=1S/C23H22ClN5/c1-14-19-8-9-29(23(19)27-13-26-14)18-7-5-15(10-18)2-3-16-4-6-17-12-20(24)22(25)28-21(17)11-16/h4,6,8-13,18H,2-3,5,7H2,1H3,(H2,25,28). The van der Waals surface area contributed by atoms with Crippen molar-refractivity contribution >= 4 is 39.4 Å². The Kier molecular flexibility index (Phi) is 4.47. The second-order valence-electron chi connectivity index (χ2n) is 7.73. The van der Waals surface area contributed by atoms with E-state index in [0.717, 1.165) is 53.3 Å². The van der Waals surface area contributed by atoms with Crippen molar-refractivity contribution < 1.29 is 0 Å². The van der Waals surface area contributed by atoms with Gasteiger partial charge >= 0.3 is 0 Å². The van der Waals surface area contributed by atoms with Crippen LogP contribution in [-0.2, 0) is 6.42 Å². The number of allylic oxidation sites excluding steroid dienone is 2. The van der Waals surface area contributed by atoms with Crippen molar-refractivity contribution in [2.75, 3.05) is 5.73 Å². The van der Waals surface area contributed by atoms with Crippen LogP contribution >= 0.6 is 11.6 Å². The molecule has 0 bridgehead atoms. The molecule has 1 atom stereocenters. The number of nitrogen functional groups attached to an aromatic ring is 1. The van der Waals surface area contributed by atoms with E-state index < -0.39 is 0 Å². The minimum atomic E-state index is 0.372. The lowest BCUT2D eigenvalue weighted by molar-refractivity contribution is 0.603. The molecule has 1 unspecified atom stereocenters. The zero-order valence-electron chi connectivity index (χ0n) is 16.3. The summed E-state index contributed by atoms with van der Waals surface area (Å²) < 4.78 is 2.28. The summed E-state index contributed by atoms with van der Waals surface area (Å²) in [5.74, 6) is 0.385. The quantitative estimate of drug-likeness (QED) is 0.462. The summed E-state index contributed by atoms with van der Waals surface area (Å²) in [6.45, 7) is 2.03. The van der Waals surface area contributed by atoms with Crippen LogP contribution < -0.4 is 5.73 Å². The van der Waals surface area contributed by atoms with E-state index in [1.807, 2.05) is 13.0 Å². The Morgan fingerprint density at radius 3 is 2.97 bits per heavy atom. The van der Waals surface area contributed by atoms with Gasteiger partial charge in [0.05, 0.1) is 22.3 Å². The zero-order chi connectivity index (χ0) is 20.0. The molecule has 0 amide bonds. The number of nitrogens with zero attached hydrogens (tertiary/aromatic N) is 4. The monoisotopic (exact) mass is 403 g/mol. The third-order valence-electron chi connectivity index (χ3n) is 5.85. The van der Waals surface area contributed by atoms with Gasteiger partial charge in [-0.15, -0.1) is 0 Å². The van der Waals surface area contributed by atoms with Gasteiger partial charge in [-0.05, 0) is 56.4 Å². The van der Waals surface area contributed by atoms with Crippen molar-refractivity contribution in [3.63, 3.8) is 0 Å². The molecule has 6 heteroatoms. The minimum absolute atomic E-state index is 0.372. The van der Waals surface area contributed by atoms with Crippen molar-refractivity contribution in [2.24, 2.45) is 0 Å². The normalized spacial score (nSPS) is 16.6. The van der Waals surface area contributed by atoms with E-state index in [-0.39, 0.29) is 0 Å². The van der Waals surface area contributed by atoms with Gasteiger partial charge in [0, 0.05) is 17.0 Å². The third-order valence-corrected chi connectivity index (χ3v) is 6.16. The molecule has 0 radical (unpaired) electrons. The molecule has 3 heterocycles. The Morgan fingerprint density at radius 1 is 1.17 bits per heavy atom. The molecule has 1 aromatic carbocycles. The first-order chi connectivity index (χ1) is 14.1. The Bertz CT molecular complexity index is 1260. The second kappa shape index (κ2) is 7.16. The molecule has 5 rings (SSSR count). The molecule has 29 heavy (non-hydrogen) atoms. The Labute approximate surface area is 174 Å². The number of benzene rings is 1. The van der Waals surface area contributed by atoms with Crippen LogP contribution in [0.25, 0.3) is 21.9 Å². The van der Waals surface area contributed by atoms with Gasteiger partial charge in [0.25, 0.3) is 0 Å². The van der Waals surface area contributed by atoms with E-state index in [9.17, 15) is 0 Å². The number of halogens is 1. The number of hydrogen-bond donors (Lipinski definition) is 1. The zero-order valence-corrected chi connectivity index (χ0v) is 17.0. The lowest BCUT2D eigenvalue weighted by atomic mass is 10.0. The van der Waals surface area contributed by atoms with Gasteiger partial charge in [-0.25, -0.2) is 15.0 Å². The second-order valence-corrected chi connectivity index (χ2v) is 8.14. The summed E-state index contributed by atoms with van der Waals surface area (Å²) in [6.07, 6.45) is 10.5. The lowest BCUT2D eigenvalue weighted by Gasteiger charge is -2.10. The van der Waals surface area contributed by atoms with E-state index >= 15 is 0 Å². The third kappa shape index (κ3) is 3.36. The van der Waals surface area contributed by atoms with Crippen molar-refractivity contribution in [1.29, 1.82) is 0 Å². The van der Waals surface area contributed by atoms with Crippen LogP contribution in [-0.4, -0.2) is 19.5 Å². The highest BCUT2D eigenvalue weighted by molar-refractivity contribution is 6.33. The molecule has 4 aromatic rings. The van der Waals surface area contributed by atoms with E-state index in [1.165, 1.54) is 11.1 Å². The summed E-state index contributed by atoms with van der Waals surface area (Å²) >= 11 is 6.07. The molecule has 0 saturated carbocycles. The minimum Gasteiger partial charge on any atom is -0.382 e. The van der Waals surface area contributed by atoms with Gasteiger partial charge in [0.15, 0.2) is 0 Å². The molecule has 0 saturated heterocycles. The summed E-state index contributed by atoms with van der Waals surface area (Å²) in [5.41, 5.74) is 11.6. The van der Waals surface area contributed by atoms with Crippen LogP contribution in [0.1, 0.15) is 36.6 Å². The number of hydrogen-bond acceptors (Lipinski definition) is 4. The average Bonchev–Trinajstić information content (AvgIpc) is 3.35. The fourth-order valence-electron chi connectivity index (χ4n) is 4.23. The van der Waals surface area contributed by atoms with E-state index in [4.69, 9.17) is 17.3 Å². The van der Waals surface area contributed by atoms with Gasteiger partial charge < -0.3 is 10.3 Å². The van der Waals surface area contributed by atoms with Crippen LogP contribution in [0.2, 0.25) is 5.02 Å². The van der Waals surface area contributed by atoms with Crippen LogP contribution in [0.15, 0.2) is 54.5 Å². The van der Waals surface area contributed by atoms with Crippen LogP contribution in [0.4, 0.5) is 5.82 Å². The van der Waals surface area contributed by atoms with E-state index in [1.54, 1.807) is 6.33 Å². The maximum atomic E-state index is 6.07. The summed E-state index contributed by atoms with van der Waals surface area (Å²) in [4.78, 5) is 13.2. The number of pyridine rings is 1. The number of aryl methyl sites for hydroxylation is 2. The average molecular weight is 404 g/mol. The highest BCUT2D eigenvalue weighted by atomic mass is 35.5. The Morgan fingerprint density at radius 2 is 2.07 bits per heavy atom. The molecular weight excluding hydrogens is 382 g/mol. The van der Waals surface area contributed by atoms with Gasteiger partial charge in [0.2, 0.25) is 0 Å². The van der Waals surface area contributed by atoms with Crippen LogP contribution in [0.3, 0.4) is 0 Å². The maximum absolute atomic E-state index is 6.07. The molecular formula is C23H22ClN5. The smallest absolute Gasteiger partial charge is 0.144 e. The molecule has 0 fully saturated rings. The fraction of sp³-hybridized carbons (Fsp3) is 0.261. The van der Waals surface area contributed by atoms with Gasteiger partial charge in [-0.2, -0.15) is 0 Å². The number of nitrogens with two attached hydrogens (primary N) is 1. The number of rotatable bonds is 4. The van der Waals surface area contributed by atoms with Gasteiger partial charge in [0.1, 0.15) is 17.8 Å². The topological polar surface area (TPSA) is 69.6 Å². The first-order valence-electron chi connectivity index (χ1n) is 9.91. The van der Waals surface area contributed by atoms with Crippen molar-refractivity contribution in [3.05, 3.63) is 70.8 Å². The van der Waals surface area contributed by atoms with Gasteiger partial charge in [-0.1, -0.05) is 35.4 Å². The van der Waals surface area contributed by atoms with Crippen molar-refractivity contribution in [3.8, 4) is 0 Å². The predicted octanol–water partition coefficient (Wildman–Crippen LogP) is 5.42. The first-order valence-corrected chi connectivity index (χ1v) is 10.3. The molecule has 5 nitrogen and oxygen atoms in total. The van der Waals surface area contributed by atoms with Crippen LogP contribution in [0.5, 0.6) is 0 Å². The molecule has 1 aliphatic carbocycles.